The molecule has 6 nitrogen and oxygen atoms in total. The van der Waals surface area contributed by atoms with E-state index in [2.05, 4.69) is 20.1 Å². The van der Waals surface area contributed by atoms with E-state index in [0.29, 0.717) is 11.4 Å². The van der Waals surface area contributed by atoms with Crippen LogP contribution >= 0.6 is 0 Å². The zero-order valence-electron chi connectivity index (χ0n) is 13.2. The Morgan fingerprint density at radius 3 is 2.70 bits per heavy atom. The van der Waals surface area contributed by atoms with Crippen LogP contribution in [0.1, 0.15) is 46.8 Å². The van der Waals surface area contributed by atoms with Crippen LogP contribution < -0.4 is 5.32 Å². The van der Waals surface area contributed by atoms with Gasteiger partial charge in [-0.05, 0) is 19.8 Å². The zero-order valence-corrected chi connectivity index (χ0v) is 13.2. The quantitative estimate of drug-likeness (QED) is 0.690. The molecule has 6 heteroatoms. The molecule has 1 aliphatic heterocycles. The molecule has 1 amide bonds. The van der Waals surface area contributed by atoms with Crippen LogP contribution in [0.15, 0.2) is 24.3 Å². The Hall–Kier alpha value is -2.50. The minimum atomic E-state index is -0.611. The number of aryl methyl sites for hydroxylation is 2. The Balaban J connectivity index is 1.64. The number of nitrogens with one attached hydrogen (secondary N) is 1. The molecule has 0 saturated carbocycles. The molecule has 3 rings (SSSR count). The van der Waals surface area contributed by atoms with Crippen LogP contribution in [0.5, 0.6) is 0 Å². The van der Waals surface area contributed by atoms with E-state index in [1.165, 1.54) is 6.42 Å². The maximum atomic E-state index is 12.1. The molecule has 1 N–H and O–H groups in total. The van der Waals surface area contributed by atoms with Crippen LogP contribution in [0.4, 0.5) is 0 Å². The van der Waals surface area contributed by atoms with Gasteiger partial charge >= 0.3 is 0 Å². The highest BCUT2D eigenvalue weighted by molar-refractivity contribution is 6.42. The molecule has 0 radical (unpaired) electrons. The van der Waals surface area contributed by atoms with Gasteiger partial charge in [0.2, 0.25) is 5.78 Å². The van der Waals surface area contributed by atoms with Crippen molar-refractivity contribution >= 4 is 11.7 Å². The molecule has 0 bridgehead atoms. The minimum absolute atomic E-state index is 0.226. The lowest BCUT2D eigenvalue weighted by Crippen LogP contribution is -2.31. The molecule has 120 valence electrons. The first-order chi connectivity index (χ1) is 11.1. The summed E-state index contributed by atoms with van der Waals surface area (Å²) in [6.07, 6.45) is 4.31. The average molecular weight is 312 g/mol. The van der Waals surface area contributed by atoms with Gasteiger partial charge in [-0.3, -0.25) is 9.59 Å². The first kappa shape index (κ1) is 15.4. The molecule has 23 heavy (non-hydrogen) atoms. The molecule has 1 aliphatic rings. The highest BCUT2D eigenvalue weighted by Crippen LogP contribution is 2.14. The molecule has 0 fully saturated rings. The molecule has 0 spiro atoms. The number of rotatable bonds is 4. The number of carbonyl (C=O) groups excluding carboxylic acids is 2. The smallest absolute Gasteiger partial charge is 0.292 e. The third-order valence-electron chi connectivity index (χ3n) is 4.11. The van der Waals surface area contributed by atoms with Crippen molar-refractivity contribution in [1.82, 2.24) is 20.1 Å². The maximum Gasteiger partial charge on any atom is 0.292 e. The lowest BCUT2D eigenvalue weighted by atomic mass is 10.1. The van der Waals surface area contributed by atoms with Crippen molar-refractivity contribution < 1.29 is 9.59 Å². The van der Waals surface area contributed by atoms with Gasteiger partial charge in [0.25, 0.3) is 5.91 Å². The molecular formula is C17H20N4O2. The van der Waals surface area contributed by atoms with Gasteiger partial charge in [-0.2, -0.15) is 0 Å². The fraction of sp³-hybridized carbons (Fsp3) is 0.412. The van der Waals surface area contributed by atoms with Gasteiger partial charge in [0.1, 0.15) is 5.82 Å². The van der Waals surface area contributed by atoms with E-state index >= 15 is 0 Å². The summed E-state index contributed by atoms with van der Waals surface area (Å²) in [4.78, 5) is 24.1. The fourth-order valence-electron chi connectivity index (χ4n) is 2.75. The van der Waals surface area contributed by atoms with E-state index in [9.17, 15) is 9.59 Å². The van der Waals surface area contributed by atoms with Crippen LogP contribution in [0, 0.1) is 6.92 Å². The molecule has 1 aromatic heterocycles. The standard InChI is InChI=1S/C17H20N4O2/c1-12-6-8-13(9-7-12)16(22)17(23)18-11-15-20-19-14-5-3-2-4-10-21(14)15/h6-9H,2-5,10-11H2,1H3,(H,18,23). The second-order valence-electron chi connectivity index (χ2n) is 5.87. The van der Waals surface area contributed by atoms with E-state index in [1.54, 1.807) is 12.1 Å². The molecule has 2 aromatic rings. The summed E-state index contributed by atoms with van der Waals surface area (Å²) in [5.74, 6) is 0.545. The summed E-state index contributed by atoms with van der Waals surface area (Å²) in [7, 11) is 0. The third kappa shape index (κ3) is 3.47. The highest BCUT2D eigenvalue weighted by Gasteiger charge is 2.18. The number of hydrogen-bond acceptors (Lipinski definition) is 4. The fourth-order valence-corrected chi connectivity index (χ4v) is 2.75. The van der Waals surface area contributed by atoms with Gasteiger partial charge in [0, 0.05) is 18.5 Å². The molecular weight excluding hydrogens is 292 g/mol. The van der Waals surface area contributed by atoms with Gasteiger partial charge in [-0.15, -0.1) is 10.2 Å². The number of benzene rings is 1. The van der Waals surface area contributed by atoms with Crippen LogP contribution in [0.25, 0.3) is 0 Å². The lowest BCUT2D eigenvalue weighted by molar-refractivity contribution is -0.117. The second kappa shape index (κ2) is 6.73. The van der Waals surface area contributed by atoms with Crippen molar-refractivity contribution in [2.45, 2.75) is 45.7 Å². The van der Waals surface area contributed by atoms with Crippen molar-refractivity contribution in [3.63, 3.8) is 0 Å². The van der Waals surface area contributed by atoms with Crippen molar-refractivity contribution in [2.24, 2.45) is 0 Å². The Labute approximate surface area is 134 Å². The molecule has 0 saturated heterocycles. The number of Topliss-reactive ketones (excluding diaryl/α,β-unsaturated/α-hetero) is 1. The summed E-state index contributed by atoms with van der Waals surface area (Å²) in [5.41, 5.74) is 1.45. The summed E-state index contributed by atoms with van der Waals surface area (Å²) in [6, 6.07) is 6.97. The topological polar surface area (TPSA) is 76.9 Å². The van der Waals surface area contributed by atoms with Crippen molar-refractivity contribution in [3.05, 3.63) is 47.0 Å². The van der Waals surface area contributed by atoms with Gasteiger partial charge in [-0.25, -0.2) is 0 Å². The van der Waals surface area contributed by atoms with E-state index in [4.69, 9.17) is 0 Å². The number of fused-ring (bicyclic) bond motifs is 1. The van der Waals surface area contributed by atoms with E-state index in [1.807, 2.05) is 19.1 Å². The Kier molecular flexibility index (Phi) is 4.50. The summed E-state index contributed by atoms with van der Waals surface area (Å²) in [6.45, 7) is 3.04. The van der Waals surface area contributed by atoms with Gasteiger partial charge in [0.15, 0.2) is 5.82 Å². The first-order valence-electron chi connectivity index (χ1n) is 7.95. The predicted octanol–water partition coefficient (Wildman–Crippen LogP) is 1.81. The predicted molar refractivity (Wildman–Crippen MR) is 84.9 cm³/mol. The van der Waals surface area contributed by atoms with E-state index < -0.39 is 11.7 Å². The lowest BCUT2D eigenvalue weighted by Gasteiger charge is -2.08. The molecule has 0 aliphatic carbocycles. The summed E-state index contributed by atoms with van der Waals surface area (Å²) < 4.78 is 2.06. The van der Waals surface area contributed by atoms with Gasteiger partial charge in [-0.1, -0.05) is 36.2 Å². The number of amides is 1. The SMILES string of the molecule is Cc1ccc(C(=O)C(=O)NCc2nnc3n2CCCCC3)cc1. The second-order valence-corrected chi connectivity index (χ2v) is 5.87. The normalized spacial score (nSPS) is 14.0. The van der Waals surface area contributed by atoms with Crippen molar-refractivity contribution in [1.29, 1.82) is 0 Å². The maximum absolute atomic E-state index is 12.1. The minimum Gasteiger partial charge on any atom is -0.342 e. The molecule has 0 unspecified atom stereocenters. The third-order valence-corrected chi connectivity index (χ3v) is 4.11. The monoisotopic (exact) mass is 312 g/mol. The number of carbonyl (C=O) groups is 2. The van der Waals surface area contributed by atoms with E-state index in [0.717, 1.165) is 37.2 Å². The Bertz CT molecular complexity index is 719. The Morgan fingerprint density at radius 1 is 1.13 bits per heavy atom. The zero-order chi connectivity index (χ0) is 16.2. The summed E-state index contributed by atoms with van der Waals surface area (Å²) >= 11 is 0. The first-order valence-corrected chi connectivity index (χ1v) is 7.95. The summed E-state index contributed by atoms with van der Waals surface area (Å²) in [5, 5.41) is 11.0. The average Bonchev–Trinajstić information content (AvgIpc) is 2.79. The van der Waals surface area contributed by atoms with Crippen LogP contribution in [0.3, 0.4) is 0 Å². The van der Waals surface area contributed by atoms with Crippen molar-refractivity contribution in [2.75, 3.05) is 0 Å². The number of hydrogen-bond donors (Lipinski definition) is 1. The highest BCUT2D eigenvalue weighted by atomic mass is 16.2. The van der Waals surface area contributed by atoms with Crippen LogP contribution in [-0.2, 0) is 24.3 Å². The Morgan fingerprint density at radius 2 is 1.91 bits per heavy atom. The number of nitrogens with zero attached hydrogens (tertiary/aromatic N) is 3. The van der Waals surface area contributed by atoms with Crippen LogP contribution in [0.2, 0.25) is 0 Å². The van der Waals surface area contributed by atoms with Gasteiger partial charge in [0.05, 0.1) is 6.54 Å². The van der Waals surface area contributed by atoms with Crippen LogP contribution in [-0.4, -0.2) is 26.5 Å². The number of aromatic nitrogens is 3. The van der Waals surface area contributed by atoms with Crippen molar-refractivity contribution in [3.8, 4) is 0 Å². The number of ketones is 1. The molecule has 0 atom stereocenters. The molecule has 2 heterocycles. The van der Waals surface area contributed by atoms with E-state index in [-0.39, 0.29) is 6.54 Å². The molecule has 1 aromatic carbocycles. The van der Waals surface area contributed by atoms with Gasteiger partial charge < -0.3 is 9.88 Å². The largest absolute Gasteiger partial charge is 0.342 e.